The van der Waals surface area contributed by atoms with Crippen LogP contribution in [0.3, 0.4) is 0 Å². The number of amides is 3. The summed E-state index contributed by atoms with van der Waals surface area (Å²) in [5.41, 5.74) is 0. The second kappa shape index (κ2) is 4.83. The fraction of sp³-hybridized carbons (Fsp3) is 0.727. The Morgan fingerprint density at radius 3 is 2.67 bits per heavy atom. The van der Waals surface area contributed by atoms with Crippen LogP contribution in [0, 0.1) is 11.8 Å². The molecule has 7 nitrogen and oxygen atoms in total. The largest absolute Gasteiger partial charge is 0.481 e. The third-order valence-electron chi connectivity index (χ3n) is 3.60. The zero-order valence-electron chi connectivity index (χ0n) is 10.2. The summed E-state index contributed by atoms with van der Waals surface area (Å²) in [5, 5.41) is 14.2. The van der Waals surface area contributed by atoms with Gasteiger partial charge in [0.2, 0.25) is 5.91 Å². The third-order valence-corrected chi connectivity index (χ3v) is 3.60. The predicted octanol–water partition coefficient (Wildman–Crippen LogP) is -0.763. The monoisotopic (exact) mass is 255 g/mol. The highest BCUT2D eigenvalue weighted by molar-refractivity contribution is 5.81. The van der Waals surface area contributed by atoms with Crippen LogP contribution in [0.1, 0.15) is 13.3 Å². The maximum Gasteiger partial charge on any atom is 0.317 e. The van der Waals surface area contributed by atoms with Crippen LogP contribution in [0.4, 0.5) is 4.79 Å². The molecule has 7 heteroatoms. The first-order valence-electron chi connectivity index (χ1n) is 6.02. The highest BCUT2D eigenvalue weighted by atomic mass is 16.4. The van der Waals surface area contributed by atoms with Crippen molar-refractivity contribution in [3.05, 3.63) is 0 Å². The maximum atomic E-state index is 11.8. The van der Waals surface area contributed by atoms with Crippen molar-refractivity contribution in [1.29, 1.82) is 0 Å². The van der Waals surface area contributed by atoms with Gasteiger partial charge in [0.1, 0.15) is 0 Å². The van der Waals surface area contributed by atoms with E-state index >= 15 is 0 Å². The minimum atomic E-state index is -0.828. The minimum Gasteiger partial charge on any atom is -0.481 e. The summed E-state index contributed by atoms with van der Waals surface area (Å²) in [4.78, 5) is 35.1. The Labute approximate surface area is 105 Å². The molecule has 0 saturated carbocycles. The lowest BCUT2D eigenvalue weighted by molar-refractivity contribution is -0.144. The first kappa shape index (κ1) is 12.7. The molecule has 2 unspecified atom stereocenters. The van der Waals surface area contributed by atoms with Crippen molar-refractivity contribution >= 4 is 17.9 Å². The van der Waals surface area contributed by atoms with Gasteiger partial charge >= 0.3 is 12.0 Å². The molecular weight excluding hydrogens is 238 g/mol. The van der Waals surface area contributed by atoms with Crippen LogP contribution in [0.5, 0.6) is 0 Å². The Hall–Kier alpha value is -1.79. The van der Waals surface area contributed by atoms with Crippen molar-refractivity contribution in [3.8, 4) is 0 Å². The van der Waals surface area contributed by atoms with E-state index in [9.17, 15) is 14.4 Å². The zero-order chi connectivity index (χ0) is 13.3. The molecule has 100 valence electrons. The Morgan fingerprint density at radius 2 is 2.17 bits per heavy atom. The molecule has 2 aliphatic rings. The quantitative estimate of drug-likeness (QED) is 0.617. The number of rotatable bonds is 3. The Balaban J connectivity index is 1.73. The van der Waals surface area contributed by atoms with Crippen LogP contribution in [0.15, 0.2) is 0 Å². The van der Waals surface area contributed by atoms with Crippen molar-refractivity contribution in [2.45, 2.75) is 19.4 Å². The van der Waals surface area contributed by atoms with Gasteiger partial charge in [0, 0.05) is 32.0 Å². The molecule has 3 N–H and O–H groups in total. The molecular formula is C11H17N3O4. The first-order valence-corrected chi connectivity index (χ1v) is 6.02. The molecule has 0 aliphatic carbocycles. The molecule has 2 rings (SSSR count). The lowest BCUT2D eigenvalue weighted by Gasteiger charge is -2.41. The summed E-state index contributed by atoms with van der Waals surface area (Å²) < 4.78 is 0. The molecule has 0 radical (unpaired) electrons. The van der Waals surface area contributed by atoms with E-state index in [0.717, 1.165) is 0 Å². The standard InChI is InChI=1S/C11H17N3O4/c1-6(10(16)17)7-4-14(5-7)11(18)13-8-2-9(15)12-3-8/h6-8H,2-5H2,1H3,(H,12,15)(H,13,18)(H,16,17). The molecule has 3 amide bonds. The summed E-state index contributed by atoms with van der Waals surface area (Å²) in [6, 6.07) is -0.369. The lowest BCUT2D eigenvalue weighted by atomic mass is 9.87. The van der Waals surface area contributed by atoms with Gasteiger partial charge in [-0.25, -0.2) is 4.79 Å². The van der Waals surface area contributed by atoms with Crippen LogP contribution < -0.4 is 10.6 Å². The van der Waals surface area contributed by atoms with Gasteiger partial charge in [0.05, 0.1) is 12.0 Å². The summed E-state index contributed by atoms with van der Waals surface area (Å²) in [6.07, 6.45) is 0.314. The molecule has 0 aromatic heterocycles. The van der Waals surface area contributed by atoms with Crippen LogP contribution >= 0.6 is 0 Å². The molecule has 18 heavy (non-hydrogen) atoms. The molecule has 0 bridgehead atoms. The maximum absolute atomic E-state index is 11.8. The van der Waals surface area contributed by atoms with Crippen LogP contribution in [-0.2, 0) is 9.59 Å². The second-order valence-electron chi connectivity index (χ2n) is 4.95. The number of carbonyl (C=O) groups is 3. The van der Waals surface area contributed by atoms with E-state index in [0.29, 0.717) is 26.1 Å². The van der Waals surface area contributed by atoms with Gasteiger partial charge in [0.25, 0.3) is 0 Å². The normalized spacial score (nSPS) is 25.3. The number of hydrogen-bond acceptors (Lipinski definition) is 3. The Bertz CT molecular complexity index is 378. The number of likely N-dealkylation sites (tertiary alicyclic amines) is 1. The molecule has 0 aromatic carbocycles. The van der Waals surface area contributed by atoms with Crippen LogP contribution in [0.2, 0.25) is 0 Å². The van der Waals surface area contributed by atoms with E-state index in [1.807, 2.05) is 0 Å². The third kappa shape index (κ3) is 2.55. The van der Waals surface area contributed by atoms with E-state index < -0.39 is 11.9 Å². The van der Waals surface area contributed by atoms with Gasteiger partial charge in [-0.2, -0.15) is 0 Å². The summed E-state index contributed by atoms with van der Waals surface area (Å²) in [6.45, 7) is 3.05. The average molecular weight is 255 g/mol. The molecule has 2 saturated heterocycles. The number of aliphatic carboxylic acids is 1. The van der Waals surface area contributed by atoms with Gasteiger partial charge in [0.15, 0.2) is 0 Å². The van der Waals surface area contributed by atoms with Crippen LogP contribution in [-0.4, -0.2) is 53.6 Å². The van der Waals surface area contributed by atoms with Crippen molar-refractivity contribution < 1.29 is 19.5 Å². The summed E-state index contributed by atoms with van der Waals surface area (Å²) in [7, 11) is 0. The molecule has 2 heterocycles. The molecule has 2 atom stereocenters. The number of nitrogens with one attached hydrogen (secondary N) is 2. The number of carboxylic acids is 1. The minimum absolute atomic E-state index is 0.0246. The van der Waals surface area contributed by atoms with Crippen molar-refractivity contribution in [2.24, 2.45) is 11.8 Å². The predicted molar refractivity (Wildman–Crippen MR) is 61.8 cm³/mol. The van der Waals surface area contributed by atoms with E-state index in [1.165, 1.54) is 0 Å². The number of hydrogen-bond donors (Lipinski definition) is 3. The van der Waals surface area contributed by atoms with Crippen LogP contribution in [0.25, 0.3) is 0 Å². The average Bonchev–Trinajstić information content (AvgIpc) is 2.61. The SMILES string of the molecule is CC(C(=O)O)C1CN(C(=O)NC2CNC(=O)C2)C1. The Morgan fingerprint density at radius 1 is 1.50 bits per heavy atom. The number of carboxylic acid groups (broad SMARTS) is 1. The molecule has 0 spiro atoms. The molecule has 2 fully saturated rings. The number of carbonyl (C=O) groups excluding carboxylic acids is 2. The fourth-order valence-electron chi connectivity index (χ4n) is 2.17. The van der Waals surface area contributed by atoms with Gasteiger partial charge in [-0.15, -0.1) is 0 Å². The smallest absolute Gasteiger partial charge is 0.317 e. The van der Waals surface area contributed by atoms with Gasteiger partial charge in [-0.05, 0) is 0 Å². The first-order chi connectivity index (χ1) is 8.47. The van der Waals surface area contributed by atoms with Crippen molar-refractivity contribution in [2.75, 3.05) is 19.6 Å². The number of nitrogens with zero attached hydrogens (tertiary/aromatic N) is 1. The lowest BCUT2D eigenvalue weighted by Crippen LogP contribution is -2.58. The number of urea groups is 1. The molecule has 2 aliphatic heterocycles. The van der Waals surface area contributed by atoms with E-state index in [-0.39, 0.29) is 23.9 Å². The van der Waals surface area contributed by atoms with E-state index in [2.05, 4.69) is 10.6 Å². The Kier molecular flexibility index (Phi) is 3.40. The summed E-state index contributed by atoms with van der Waals surface area (Å²) in [5.74, 6) is -1.28. The highest BCUT2D eigenvalue weighted by Gasteiger charge is 2.38. The topological polar surface area (TPSA) is 98.7 Å². The molecule has 0 aromatic rings. The van der Waals surface area contributed by atoms with Gasteiger partial charge < -0.3 is 20.6 Å². The van der Waals surface area contributed by atoms with Gasteiger partial charge in [-0.3, -0.25) is 9.59 Å². The summed E-state index contributed by atoms with van der Waals surface area (Å²) >= 11 is 0. The van der Waals surface area contributed by atoms with Crippen molar-refractivity contribution in [1.82, 2.24) is 15.5 Å². The second-order valence-corrected chi connectivity index (χ2v) is 4.95. The van der Waals surface area contributed by atoms with E-state index in [4.69, 9.17) is 5.11 Å². The zero-order valence-corrected chi connectivity index (χ0v) is 10.2. The highest BCUT2D eigenvalue weighted by Crippen LogP contribution is 2.24. The van der Waals surface area contributed by atoms with Crippen molar-refractivity contribution in [3.63, 3.8) is 0 Å². The fourth-order valence-corrected chi connectivity index (χ4v) is 2.17. The van der Waals surface area contributed by atoms with Gasteiger partial charge in [-0.1, -0.05) is 6.92 Å². The van der Waals surface area contributed by atoms with E-state index in [1.54, 1.807) is 11.8 Å².